The summed E-state index contributed by atoms with van der Waals surface area (Å²) in [6.45, 7) is 3.46. The topological polar surface area (TPSA) is 113 Å². The van der Waals surface area contributed by atoms with Crippen LogP contribution in [0, 0.1) is 12.8 Å². The molecule has 0 radical (unpaired) electrons. The van der Waals surface area contributed by atoms with Gasteiger partial charge < -0.3 is 15.2 Å². The Hall–Kier alpha value is -2.13. The summed E-state index contributed by atoms with van der Waals surface area (Å²) in [5.74, 6) is -1.68. The van der Waals surface area contributed by atoms with Gasteiger partial charge in [-0.1, -0.05) is 0 Å². The Bertz CT molecular complexity index is 835. The van der Waals surface area contributed by atoms with Crippen molar-refractivity contribution in [1.29, 1.82) is 0 Å². The number of ether oxygens (including phenoxy) is 1. The predicted molar refractivity (Wildman–Crippen MR) is 89.0 cm³/mol. The van der Waals surface area contributed by atoms with Crippen LogP contribution in [0.25, 0.3) is 0 Å². The van der Waals surface area contributed by atoms with Crippen molar-refractivity contribution in [2.24, 2.45) is 5.92 Å². The number of carbonyl (C=O) groups excluding carboxylic acids is 1. The standard InChI is InChI=1S/C16H20N2O6S/c1-9-6-12-13(24-10(2)15(19)17-12)7-14(9)25(22,23)18-5-3-4-11(8-18)16(20)21/h6-7,10-11H,3-5,8H2,1-2H3,(H,17,19)(H,20,21)/t10-,11+/m1/s1. The summed E-state index contributed by atoms with van der Waals surface area (Å²) in [5.41, 5.74) is 0.899. The van der Waals surface area contributed by atoms with Crippen molar-refractivity contribution in [3.8, 4) is 5.75 Å². The fourth-order valence-electron chi connectivity index (χ4n) is 3.12. The molecular weight excluding hydrogens is 348 g/mol. The van der Waals surface area contributed by atoms with E-state index in [9.17, 15) is 23.1 Å². The van der Waals surface area contributed by atoms with Gasteiger partial charge in [-0.3, -0.25) is 9.59 Å². The molecular formula is C16H20N2O6S. The van der Waals surface area contributed by atoms with Gasteiger partial charge in [0, 0.05) is 19.2 Å². The Morgan fingerprint density at radius 1 is 1.40 bits per heavy atom. The Morgan fingerprint density at radius 3 is 2.80 bits per heavy atom. The molecule has 0 bridgehead atoms. The average molecular weight is 368 g/mol. The number of nitrogens with one attached hydrogen (secondary N) is 1. The highest BCUT2D eigenvalue weighted by Gasteiger charge is 2.35. The zero-order valence-electron chi connectivity index (χ0n) is 14.0. The Morgan fingerprint density at radius 2 is 2.12 bits per heavy atom. The van der Waals surface area contributed by atoms with Crippen molar-refractivity contribution in [1.82, 2.24) is 4.31 Å². The van der Waals surface area contributed by atoms with Crippen molar-refractivity contribution in [3.05, 3.63) is 17.7 Å². The molecule has 1 fully saturated rings. The number of anilines is 1. The van der Waals surface area contributed by atoms with Crippen LogP contribution in [-0.2, 0) is 19.6 Å². The van der Waals surface area contributed by atoms with Crippen molar-refractivity contribution in [3.63, 3.8) is 0 Å². The number of aliphatic carboxylic acids is 1. The zero-order chi connectivity index (χ0) is 18.4. The highest BCUT2D eigenvalue weighted by Crippen LogP contribution is 2.36. The van der Waals surface area contributed by atoms with Gasteiger partial charge in [0.15, 0.2) is 6.10 Å². The van der Waals surface area contributed by atoms with Crippen LogP contribution in [-0.4, -0.2) is 48.9 Å². The lowest BCUT2D eigenvalue weighted by atomic mass is 10.0. The van der Waals surface area contributed by atoms with E-state index in [1.165, 1.54) is 10.4 Å². The molecule has 1 saturated heterocycles. The van der Waals surface area contributed by atoms with E-state index in [-0.39, 0.29) is 23.9 Å². The molecule has 0 unspecified atom stereocenters. The molecule has 9 heteroatoms. The van der Waals surface area contributed by atoms with Gasteiger partial charge in [0.1, 0.15) is 5.75 Å². The lowest BCUT2D eigenvalue weighted by Crippen LogP contribution is -2.42. The third-order valence-corrected chi connectivity index (χ3v) is 6.57. The molecule has 136 valence electrons. The van der Waals surface area contributed by atoms with E-state index in [0.29, 0.717) is 29.8 Å². The Labute approximate surface area is 145 Å². The minimum atomic E-state index is -3.85. The zero-order valence-corrected chi connectivity index (χ0v) is 14.8. The van der Waals surface area contributed by atoms with E-state index >= 15 is 0 Å². The molecule has 1 aromatic rings. The van der Waals surface area contributed by atoms with Crippen molar-refractivity contribution < 1.29 is 27.9 Å². The normalized spacial score (nSPS) is 24.2. The molecule has 0 aromatic heterocycles. The first-order valence-corrected chi connectivity index (χ1v) is 9.49. The second-order valence-corrected chi connectivity index (χ2v) is 8.31. The molecule has 3 rings (SSSR count). The summed E-state index contributed by atoms with van der Waals surface area (Å²) in [5, 5.41) is 11.9. The number of aryl methyl sites for hydroxylation is 1. The number of hydrogen-bond donors (Lipinski definition) is 2. The number of carboxylic acids is 1. The average Bonchev–Trinajstić information content (AvgIpc) is 2.56. The summed E-state index contributed by atoms with van der Waals surface area (Å²) < 4.78 is 32.7. The molecule has 0 spiro atoms. The molecule has 2 aliphatic heterocycles. The van der Waals surface area contributed by atoms with Gasteiger partial charge in [-0.05, 0) is 38.3 Å². The number of piperidine rings is 1. The van der Waals surface area contributed by atoms with Crippen LogP contribution in [0.4, 0.5) is 5.69 Å². The highest BCUT2D eigenvalue weighted by atomic mass is 32.2. The highest BCUT2D eigenvalue weighted by molar-refractivity contribution is 7.89. The minimum absolute atomic E-state index is 0.0395. The van der Waals surface area contributed by atoms with Gasteiger partial charge in [-0.2, -0.15) is 4.31 Å². The predicted octanol–water partition coefficient (Wildman–Crippen LogP) is 1.20. The molecule has 2 heterocycles. The van der Waals surface area contributed by atoms with Gasteiger partial charge >= 0.3 is 5.97 Å². The van der Waals surface area contributed by atoms with Crippen LogP contribution in [0.1, 0.15) is 25.3 Å². The van der Waals surface area contributed by atoms with Crippen molar-refractivity contribution in [2.45, 2.75) is 37.7 Å². The quantitative estimate of drug-likeness (QED) is 0.829. The maximum Gasteiger partial charge on any atom is 0.307 e. The molecule has 2 N–H and O–H groups in total. The van der Waals surface area contributed by atoms with E-state index in [1.54, 1.807) is 19.9 Å². The molecule has 0 aliphatic carbocycles. The largest absolute Gasteiger partial charge is 0.481 e. The van der Waals surface area contributed by atoms with Gasteiger partial charge in [0.05, 0.1) is 16.5 Å². The number of amides is 1. The minimum Gasteiger partial charge on any atom is -0.481 e. The van der Waals surface area contributed by atoms with Crippen LogP contribution in [0.5, 0.6) is 5.75 Å². The lowest BCUT2D eigenvalue weighted by molar-refractivity contribution is -0.142. The molecule has 25 heavy (non-hydrogen) atoms. The molecule has 0 saturated carbocycles. The molecule has 2 atom stereocenters. The van der Waals surface area contributed by atoms with Crippen LogP contribution >= 0.6 is 0 Å². The van der Waals surface area contributed by atoms with Gasteiger partial charge in [-0.25, -0.2) is 8.42 Å². The first kappa shape index (κ1) is 17.7. The van der Waals surface area contributed by atoms with E-state index in [1.807, 2.05) is 0 Å². The second kappa shape index (κ2) is 6.30. The smallest absolute Gasteiger partial charge is 0.307 e. The van der Waals surface area contributed by atoms with Gasteiger partial charge in [0.25, 0.3) is 5.91 Å². The maximum absolute atomic E-state index is 13.0. The maximum atomic E-state index is 13.0. The van der Waals surface area contributed by atoms with Crippen molar-refractivity contribution in [2.75, 3.05) is 18.4 Å². The lowest BCUT2D eigenvalue weighted by Gasteiger charge is -2.31. The molecule has 2 aliphatic rings. The number of benzene rings is 1. The molecule has 8 nitrogen and oxygen atoms in total. The second-order valence-electron chi connectivity index (χ2n) is 6.40. The SMILES string of the molecule is Cc1cc2c(cc1S(=O)(=O)N1CCC[C@H](C(=O)O)C1)O[C@H](C)C(=O)N2. The van der Waals surface area contributed by atoms with Crippen LogP contribution in [0.15, 0.2) is 17.0 Å². The van der Waals surface area contributed by atoms with Crippen LogP contribution in [0.3, 0.4) is 0 Å². The molecule has 1 aromatic carbocycles. The first-order chi connectivity index (χ1) is 11.7. The monoisotopic (exact) mass is 368 g/mol. The third-order valence-electron chi connectivity index (χ3n) is 4.56. The van der Waals surface area contributed by atoms with Gasteiger partial charge in [0.2, 0.25) is 10.0 Å². The van der Waals surface area contributed by atoms with Crippen molar-refractivity contribution >= 4 is 27.6 Å². The van der Waals surface area contributed by atoms with E-state index < -0.39 is 28.0 Å². The summed E-state index contributed by atoms with van der Waals surface area (Å²) >= 11 is 0. The summed E-state index contributed by atoms with van der Waals surface area (Å²) in [4.78, 5) is 23.0. The number of hydrogen-bond acceptors (Lipinski definition) is 5. The number of carboxylic acid groups (broad SMARTS) is 1. The summed E-state index contributed by atoms with van der Waals surface area (Å²) in [6.07, 6.45) is 0.262. The van der Waals surface area contributed by atoms with E-state index in [0.717, 1.165) is 0 Å². The third kappa shape index (κ3) is 3.21. The molecule has 1 amide bonds. The fraction of sp³-hybridized carbons (Fsp3) is 0.500. The van der Waals surface area contributed by atoms with Crippen LogP contribution < -0.4 is 10.1 Å². The Balaban J connectivity index is 1.96. The summed E-state index contributed by atoms with van der Waals surface area (Å²) in [7, 11) is -3.85. The van der Waals surface area contributed by atoms with Crippen LogP contribution in [0.2, 0.25) is 0 Å². The van der Waals surface area contributed by atoms with E-state index in [2.05, 4.69) is 5.32 Å². The summed E-state index contributed by atoms with van der Waals surface area (Å²) in [6, 6.07) is 2.96. The number of sulfonamides is 1. The number of fused-ring (bicyclic) bond motifs is 1. The first-order valence-electron chi connectivity index (χ1n) is 8.05. The fourth-order valence-corrected chi connectivity index (χ4v) is 4.87. The van der Waals surface area contributed by atoms with Gasteiger partial charge in [-0.15, -0.1) is 0 Å². The number of carbonyl (C=O) groups is 2. The Kier molecular flexibility index (Phi) is 4.46. The number of rotatable bonds is 3. The number of nitrogens with zero attached hydrogens (tertiary/aromatic N) is 1. The van der Waals surface area contributed by atoms with E-state index in [4.69, 9.17) is 4.74 Å².